The molecular formula is C12H14N2O3S2. The summed E-state index contributed by atoms with van der Waals surface area (Å²) in [5.74, 6) is 0.289. The van der Waals surface area contributed by atoms with Crippen molar-refractivity contribution in [3.8, 4) is 0 Å². The van der Waals surface area contributed by atoms with E-state index in [-0.39, 0.29) is 16.6 Å². The lowest BCUT2D eigenvalue weighted by molar-refractivity contribution is 0.285. The van der Waals surface area contributed by atoms with Crippen LogP contribution in [0.2, 0.25) is 0 Å². The first kappa shape index (κ1) is 14.0. The molecule has 7 heteroatoms. The summed E-state index contributed by atoms with van der Waals surface area (Å²) in [5.41, 5.74) is 1.50. The van der Waals surface area contributed by atoms with Crippen LogP contribution < -0.4 is 4.72 Å². The fourth-order valence-corrected chi connectivity index (χ4v) is 4.02. The van der Waals surface area contributed by atoms with Crippen molar-refractivity contribution in [2.75, 3.05) is 4.72 Å². The van der Waals surface area contributed by atoms with Crippen LogP contribution in [0.3, 0.4) is 0 Å². The Morgan fingerprint density at radius 3 is 2.68 bits per heavy atom. The molecule has 0 aliphatic rings. The molecule has 0 saturated carbocycles. The van der Waals surface area contributed by atoms with E-state index in [4.69, 9.17) is 5.11 Å². The van der Waals surface area contributed by atoms with Crippen molar-refractivity contribution in [3.05, 3.63) is 40.4 Å². The lowest BCUT2D eigenvalue weighted by atomic mass is 10.3. The third-order valence-electron chi connectivity index (χ3n) is 2.53. The molecule has 0 spiro atoms. The van der Waals surface area contributed by atoms with Gasteiger partial charge >= 0.3 is 0 Å². The van der Waals surface area contributed by atoms with E-state index in [2.05, 4.69) is 9.71 Å². The number of aliphatic hydroxyl groups is 1. The first-order valence-electron chi connectivity index (χ1n) is 5.59. The van der Waals surface area contributed by atoms with Gasteiger partial charge in [-0.15, -0.1) is 11.3 Å². The summed E-state index contributed by atoms with van der Waals surface area (Å²) in [6.07, 6.45) is 0. The van der Waals surface area contributed by atoms with Gasteiger partial charge in [0.05, 0.1) is 6.61 Å². The number of anilines is 1. The summed E-state index contributed by atoms with van der Waals surface area (Å²) < 4.78 is 27.0. The van der Waals surface area contributed by atoms with E-state index in [0.717, 1.165) is 22.6 Å². The standard InChI is InChI=1S/C12H14N2O3S2/c1-8-6-12(18-10(8)7-15)19(16,17)14-11-5-3-4-9(2)13-11/h3-6,15H,7H2,1-2H3,(H,13,14). The van der Waals surface area contributed by atoms with E-state index in [1.807, 2.05) is 0 Å². The highest BCUT2D eigenvalue weighted by atomic mass is 32.2. The molecule has 0 atom stereocenters. The zero-order chi connectivity index (χ0) is 14.0. The number of sulfonamides is 1. The van der Waals surface area contributed by atoms with Gasteiger partial charge in [0.25, 0.3) is 10.0 Å². The van der Waals surface area contributed by atoms with Gasteiger partial charge < -0.3 is 5.11 Å². The normalized spacial score (nSPS) is 11.5. The quantitative estimate of drug-likeness (QED) is 0.905. The SMILES string of the molecule is Cc1cccc(NS(=O)(=O)c2cc(C)c(CO)s2)n1. The number of nitrogens with one attached hydrogen (secondary N) is 1. The molecule has 0 saturated heterocycles. The van der Waals surface area contributed by atoms with Crippen molar-refractivity contribution in [1.29, 1.82) is 0 Å². The predicted molar refractivity (Wildman–Crippen MR) is 74.8 cm³/mol. The first-order valence-corrected chi connectivity index (χ1v) is 7.89. The molecule has 0 bridgehead atoms. The van der Waals surface area contributed by atoms with E-state index >= 15 is 0 Å². The highest BCUT2D eigenvalue weighted by Crippen LogP contribution is 2.27. The van der Waals surface area contributed by atoms with Crippen molar-refractivity contribution in [2.45, 2.75) is 24.7 Å². The van der Waals surface area contributed by atoms with Crippen LogP contribution in [0.25, 0.3) is 0 Å². The molecule has 0 aromatic carbocycles. The average Bonchev–Trinajstić information content (AvgIpc) is 2.71. The molecule has 0 radical (unpaired) electrons. The molecule has 2 rings (SSSR count). The topological polar surface area (TPSA) is 79.3 Å². The van der Waals surface area contributed by atoms with E-state index in [1.54, 1.807) is 38.1 Å². The lowest BCUT2D eigenvalue weighted by Gasteiger charge is -2.05. The van der Waals surface area contributed by atoms with Crippen LogP contribution in [-0.2, 0) is 16.6 Å². The Morgan fingerprint density at radius 1 is 1.37 bits per heavy atom. The molecule has 0 aliphatic heterocycles. The highest BCUT2D eigenvalue weighted by molar-refractivity contribution is 7.94. The monoisotopic (exact) mass is 298 g/mol. The molecule has 2 heterocycles. The number of aliphatic hydroxyl groups excluding tert-OH is 1. The van der Waals surface area contributed by atoms with Gasteiger partial charge in [0, 0.05) is 10.6 Å². The van der Waals surface area contributed by atoms with Gasteiger partial charge in [0.2, 0.25) is 0 Å². The molecule has 0 fully saturated rings. The van der Waals surface area contributed by atoms with Crippen molar-refractivity contribution in [1.82, 2.24) is 4.98 Å². The Kier molecular flexibility index (Phi) is 3.88. The highest BCUT2D eigenvalue weighted by Gasteiger charge is 2.19. The molecule has 2 aromatic rings. The number of aromatic nitrogens is 1. The summed E-state index contributed by atoms with van der Waals surface area (Å²) in [5, 5.41) is 9.11. The Labute approximate surface area is 116 Å². The van der Waals surface area contributed by atoms with Crippen molar-refractivity contribution < 1.29 is 13.5 Å². The third-order valence-corrected chi connectivity index (χ3v) is 5.58. The summed E-state index contributed by atoms with van der Waals surface area (Å²) in [7, 11) is -3.65. The second-order valence-electron chi connectivity index (χ2n) is 4.10. The largest absolute Gasteiger partial charge is 0.391 e. The summed E-state index contributed by atoms with van der Waals surface area (Å²) in [6, 6.07) is 6.67. The fourth-order valence-electron chi connectivity index (χ4n) is 1.57. The lowest BCUT2D eigenvalue weighted by Crippen LogP contribution is -2.12. The Hall–Kier alpha value is -1.44. The fraction of sp³-hybridized carbons (Fsp3) is 0.250. The van der Waals surface area contributed by atoms with Crippen molar-refractivity contribution in [2.24, 2.45) is 0 Å². The van der Waals surface area contributed by atoms with Gasteiger partial charge in [-0.05, 0) is 37.6 Å². The van der Waals surface area contributed by atoms with Crippen LogP contribution in [-0.4, -0.2) is 18.5 Å². The van der Waals surface area contributed by atoms with Gasteiger partial charge in [0.15, 0.2) is 0 Å². The molecule has 0 amide bonds. The maximum absolute atomic E-state index is 12.2. The van der Waals surface area contributed by atoms with Crippen LogP contribution in [0.5, 0.6) is 0 Å². The first-order chi connectivity index (χ1) is 8.92. The minimum Gasteiger partial charge on any atom is -0.391 e. The molecule has 0 unspecified atom stereocenters. The molecule has 102 valence electrons. The number of rotatable bonds is 4. The number of hydrogen-bond donors (Lipinski definition) is 2. The van der Waals surface area contributed by atoms with Gasteiger partial charge in [-0.25, -0.2) is 13.4 Å². The van der Waals surface area contributed by atoms with Crippen LogP contribution >= 0.6 is 11.3 Å². The second kappa shape index (κ2) is 5.28. The number of aryl methyl sites for hydroxylation is 2. The van der Waals surface area contributed by atoms with Crippen LogP contribution in [0.15, 0.2) is 28.5 Å². The second-order valence-corrected chi connectivity index (χ2v) is 7.15. The van der Waals surface area contributed by atoms with E-state index in [9.17, 15) is 8.42 Å². The molecule has 5 nitrogen and oxygen atoms in total. The van der Waals surface area contributed by atoms with Gasteiger partial charge in [-0.2, -0.15) is 0 Å². The number of nitrogens with zero attached hydrogens (tertiary/aromatic N) is 1. The molecule has 2 N–H and O–H groups in total. The number of thiophene rings is 1. The molecule has 0 aliphatic carbocycles. The predicted octanol–water partition coefficient (Wildman–Crippen LogP) is 2.05. The van der Waals surface area contributed by atoms with E-state index in [1.165, 1.54) is 0 Å². The van der Waals surface area contributed by atoms with Gasteiger partial charge in [-0.1, -0.05) is 6.07 Å². The summed E-state index contributed by atoms with van der Waals surface area (Å²) in [4.78, 5) is 4.75. The average molecular weight is 298 g/mol. The minimum absolute atomic E-state index is 0.158. The van der Waals surface area contributed by atoms with Crippen molar-refractivity contribution >= 4 is 27.2 Å². The maximum atomic E-state index is 12.2. The number of hydrogen-bond acceptors (Lipinski definition) is 5. The van der Waals surface area contributed by atoms with E-state index in [0.29, 0.717) is 4.88 Å². The van der Waals surface area contributed by atoms with Gasteiger partial charge in [-0.3, -0.25) is 4.72 Å². The smallest absolute Gasteiger partial charge is 0.272 e. The Balaban J connectivity index is 2.32. The third kappa shape index (κ3) is 3.12. The Bertz CT molecular complexity index is 693. The van der Waals surface area contributed by atoms with E-state index < -0.39 is 10.0 Å². The zero-order valence-electron chi connectivity index (χ0n) is 10.5. The summed E-state index contributed by atoms with van der Waals surface area (Å²) in [6.45, 7) is 3.40. The zero-order valence-corrected chi connectivity index (χ0v) is 12.2. The van der Waals surface area contributed by atoms with Crippen LogP contribution in [0, 0.1) is 13.8 Å². The van der Waals surface area contributed by atoms with Crippen molar-refractivity contribution in [3.63, 3.8) is 0 Å². The molecular weight excluding hydrogens is 284 g/mol. The molecule has 2 aromatic heterocycles. The molecule has 19 heavy (non-hydrogen) atoms. The number of pyridine rings is 1. The van der Waals surface area contributed by atoms with Gasteiger partial charge in [0.1, 0.15) is 10.0 Å². The maximum Gasteiger partial charge on any atom is 0.272 e. The van der Waals surface area contributed by atoms with Crippen LogP contribution in [0.4, 0.5) is 5.82 Å². The Morgan fingerprint density at radius 2 is 2.11 bits per heavy atom. The van der Waals surface area contributed by atoms with Crippen LogP contribution in [0.1, 0.15) is 16.1 Å². The summed E-state index contributed by atoms with van der Waals surface area (Å²) >= 11 is 1.06. The minimum atomic E-state index is -3.65.